The molecule has 6 heteroatoms. The van der Waals surface area contributed by atoms with Gasteiger partial charge in [0.15, 0.2) is 0 Å². The normalized spacial score (nSPS) is 10.8. The summed E-state index contributed by atoms with van der Waals surface area (Å²) in [6.45, 7) is 0. The number of nitrogens with one attached hydrogen (secondary N) is 1. The maximum Gasteiger partial charge on any atom is 0.272 e. The SMILES string of the molecule is NC(=O)c1cccc2c(Cc3ccc(Cl)cc3)n[nH]c(=O)c12. The molecule has 3 aromatic rings. The molecule has 0 aliphatic heterocycles. The molecule has 0 spiro atoms. The number of nitrogens with zero attached hydrogens (tertiary/aromatic N) is 1. The molecule has 3 rings (SSSR count). The van der Waals surface area contributed by atoms with Gasteiger partial charge >= 0.3 is 0 Å². The highest BCUT2D eigenvalue weighted by atomic mass is 35.5. The Bertz CT molecular complexity index is 917. The van der Waals surface area contributed by atoms with E-state index in [0.717, 1.165) is 5.56 Å². The van der Waals surface area contributed by atoms with Crippen molar-refractivity contribution in [2.75, 3.05) is 0 Å². The van der Waals surface area contributed by atoms with Gasteiger partial charge in [-0.2, -0.15) is 5.10 Å². The average Bonchev–Trinajstić information content (AvgIpc) is 2.51. The molecule has 1 amide bonds. The second-order valence-corrected chi connectivity index (χ2v) is 5.33. The van der Waals surface area contributed by atoms with Gasteiger partial charge in [0.25, 0.3) is 5.56 Å². The largest absolute Gasteiger partial charge is 0.366 e. The van der Waals surface area contributed by atoms with E-state index in [9.17, 15) is 9.59 Å². The minimum absolute atomic E-state index is 0.193. The molecule has 110 valence electrons. The van der Waals surface area contributed by atoms with Gasteiger partial charge in [-0.15, -0.1) is 0 Å². The molecule has 0 unspecified atom stereocenters. The molecule has 3 N–H and O–H groups in total. The fourth-order valence-electron chi connectivity index (χ4n) is 2.41. The molecule has 1 heterocycles. The Morgan fingerprint density at radius 1 is 1.18 bits per heavy atom. The van der Waals surface area contributed by atoms with Gasteiger partial charge in [-0.3, -0.25) is 9.59 Å². The highest BCUT2D eigenvalue weighted by Crippen LogP contribution is 2.20. The Morgan fingerprint density at radius 2 is 1.91 bits per heavy atom. The summed E-state index contributed by atoms with van der Waals surface area (Å²) in [7, 11) is 0. The van der Waals surface area contributed by atoms with Gasteiger partial charge in [0.2, 0.25) is 5.91 Å². The number of carbonyl (C=O) groups excluding carboxylic acids is 1. The van der Waals surface area contributed by atoms with Crippen LogP contribution in [0.4, 0.5) is 0 Å². The molecule has 0 radical (unpaired) electrons. The van der Waals surface area contributed by atoms with Crippen molar-refractivity contribution < 1.29 is 4.79 Å². The number of H-pyrrole nitrogens is 1. The van der Waals surface area contributed by atoms with Gasteiger partial charge < -0.3 is 5.73 Å². The van der Waals surface area contributed by atoms with Crippen molar-refractivity contribution in [2.45, 2.75) is 6.42 Å². The van der Waals surface area contributed by atoms with E-state index in [2.05, 4.69) is 10.2 Å². The topological polar surface area (TPSA) is 88.8 Å². The number of hydrogen-bond acceptors (Lipinski definition) is 3. The molecule has 0 saturated carbocycles. The van der Waals surface area contributed by atoms with Crippen LogP contribution in [0.1, 0.15) is 21.6 Å². The highest BCUT2D eigenvalue weighted by molar-refractivity contribution is 6.30. The van der Waals surface area contributed by atoms with Crippen molar-refractivity contribution in [2.24, 2.45) is 5.73 Å². The lowest BCUT2D eigenvalue weighted by molar-refractivity contribution is 0.100. The minimum atomic E-state index is -0.639. The summed E-state index contributed by atoms with van der Waals surface area (Å²) < 4.78 is 0. The van der Waals surface area contributed by atoms with Gasteiger partial charge in [-0.05, 0) is 23.8 Å². The van der Waals surface area contributed by atoms with E-state index in [0.29, 0.717) is 22.5 Å². The molecule has 0 fully saturated rings. The van der Waals surface area contributed by atoms with Crippen molar-refractivity contribution in [1.29, 1.82) is 0 Å². The lowest BCUT2D eigenvalue weighted by Crippen LogP contribution is -2.18. The van der Waals surface area contributed by atoms with Crippen LogP contribution in [0.3, 0.4) is 0 Å². The molecule has 22 heavy (non-hydrogen) atoms. The lowest BCUT2D eigenvalue weighted by Gasteiger charge is -2.07. The van der Waals surface area contributed by atoms with Crippen molar-refractivity contribution in [3.8, 4) is 0 Å². The predicted molar refractivity (Wildman–Crippen MR) is 85.1 cm³/mol. The first kappa shape index (κ1) is 14.3. The Morgan fingerprint density at radius 3 is 2.59 bits per heavy atom. The highest BCUT2D eigenvalue weighted by Gasteiger charge is 2.13. The monoisotopic (exact) mass is 313 g/mol. The smallest absolute Gasteiger partial charge is 0.272 e. The number of carbonyl (C=O) groups is 1. The van der Waals surface area contributed by atoms with E-state index in [1.165, 1.54) is 6.07 Å². The van der Waals surface area contributed by atoms with Gasteiger partial charge in [0, 0.05) is 16.8 Å². The fourth-order valence-corrected chi connectivity index (χ4v) is 2.53. The molecular weight excluding hydrogens is 302 g/mol. The van der Waals surface area contributed by atoms with Crippen LogP contribution >= 0.6 is 11.6 Å². The standard InChI is InChI=1S/C16H12ClN3O2/c17-10-6-4-9(5-7-10)8-13-11-2-1-3-12(15(18)21)14(11)16(22)20-19-13/h1-7H,8H2,(H2,18,21)(H,20,22). The molecular formula is C16H12ClN3O2. The maximum atomic E-state index is 12.0. The van der Waals surface area contributed by atoms with E-state index in [-0.39, 0.29) is 10.9 Å². The number of amides is 1. The third kappa shape index (κ3) is 2.58. The number of aromatic amines is 1. The summed E-state index contributed by atoms with van der Waals surface area (Å²) in [4.78, 5) is 23.5. The molecule has 5 nitrogen and oxygen atoms in total. The Hall–Kier alpha value is -2.66. The van der Waals surface area contributed by atoms with Crippen LogP contribution in [0.5, 0.6) is 0 Å². The summed E-state index contributed by atoms with van der Waals surface area (Å²) in [6.07, 6.45) is 0.507. The third-order valence-corrected chi connectivity index (χ3v) is 3.70. The fraction of sp³-hybridized carbons (Fsp3) is 0.0625. The van der Waals surface area contributed by atoms with Gasteiger partial charge in [-0.25, -0.2) is 5.10 Å². The van der Waals surface area contributed by atoms with Gasteiger partial charge in [0.1, 0.15) is 0 Å². The Kier molecular flexibility index (Phi) is 3.65. The van der Waals surface area contributed by atoms with Crippen LogP contribution in [0.15, 0.2) is 47.3 Å². The Labute approximate surface area is 130 Å². The number of halogens is 1. The quantitative estimate of drug-likeness (QED) is 0.777. The third-order valence-electron chi connectivity index (χ3n) is 3.45. The van der Waals surface area contributed by atoms with E-state index in [1.54, 1.807) is 24.3 Å². The molecule has 0 atom stereocenters. The number of fused-ring (bicyclic) bond motifs is 1. The lowest BCUT2D eigenvalue weighted by atomic mass is 10.0. The summed E-state index contributed by atoms with van der Waals surface area (Å²) in [5.74, 6) is -0.639. The van der Waals surface area contributed by atoms with Crippen LogP contribution in [0.2, 0.25) is 5.02 Å². The molecule has 1 aromatic heterocycles. The zero-order chi connectivity index (χ0) is 15.7. The molecule has 0 aliphatic carbocycles. The van der Waals surface area contributed by atoms with Crippen molar-refractivity contribution in [3.63, 3.8) is 0 Å². The Balaban J connectivity index is 2.17. The molecule has 0 saturated heterocycles. The first-order valence-electron chi connectivity index (χ1n) is 6.61. The predicted octanol–water partition coefficient (Wildman–Crippen LogP) is 2.27. The van der Waals surface area contributed by atoms with Gasteiger partial charge in [-0.1, -0.05) is 35.9 Å². The first-order chi connectivity index (χ1) is 10.6. The number of primary amides is 1. The van der Waals surface area contributed by atoms with Crippen LogP contribution in [0, 0.1) is 0 Å². The van der Waals surface area contributed by atoms with Crippen LogP contribution in [-0.4, -0.2) is 16.1 Å². The number of benzene rings is 2. The second kappa shape index (κ2) is 5.61. The molecule has 0 bridgehead atoms. The molecule has 0 aliphatic rings. The van der Waals surface area contributed by atoms with Crippen LogP contribution in [-0.2, 0) is 6.42 Å². The van der Waals surface area contributed by atoms with Crippen molar-refractivity contribution in [3.05, 3.63) is 74.7 Å². The average molecular weight is 314 g/mol. The van der Waals surface area contributed by atoms with E-state index in [1.807, 2.05) is 12.1 Å². The number of nitrogens with two attached hydrogens (primary N) is 1. The van der Waals surface area contributed by atoms with Crippen molar-refractivity contribution in [1.82, 2.24) is 10.2 Å². The van der Waals surface area contributed by atoms with E-state index < -0.39 is 11.5 Å². The summed E-state index contributed by atoms with van der Waals surface area (Å²) in [5, 5.41) is 8.08. The van der Waals surface area contributed by atoms with Crippen molar-refractivity contribution >= 4 is 28.3 Å². The summed E-state index contributed by atoms with van der Waals surface area (Å²) in [6, 6.07) is 12.3. The maximum absolute atomic E-state index is 12.0. The molecule has 2 aromatic carbocycles. The van der Waals surface area contributed by atoms with E-state index >= 15 is 0 Å². The number of rotatable bonds is 3. The second-order valence-electron chi connectivity index (χ2n) is 4.90. The van der Waals surface area contributed by atoms with Crippen LogP contribution < -0.4 is 11.3 Å². The number of hydrogen-bond donors (Lipinski definition) is 2. The summed E-state index contributed by atoms with van der Waals surface area (Å²) >= 11 is 5.87. The van der Waals surface area contributed by atoms with E-state index in [4.69, 9.17) is 17.3 Å². The minimum Gasteiger partial charge on any atom is -0.366 e. The zero-order valence-electron chi connectivity index (χ0n) is 11.5. The number of aromatic nitrogens is 2. The zero-order valence-corrected chi connectivity index (χ0v) is 12.2. The van der Waals surface area contributed by atoms with Crippen LogP contribution in [0.25, 0.3) is 10.8 Å². The van der Waals surface area contributed by atoms with Gasteiger partial charge in [0.05, 0.1) is 16.6 Å². The summed E-state index contributed by atoms with van der Waals surface area (Å²) in [5.41, 5.74) is 6.77. The first-order valence-corrected chi connectivity index (χ1v) is 6.98.